The van der Waals surface area contributed by atoms with E-state index < -0.39 is 6.80 Å². The van der Waals surface area contributed by atoms with Gasteiger partial charge in [0.1, 0.15) is 0 Å². The highest BCUT2D eigenvalue weighted by Crippen LogP contribution is 2.19. The highest BCUT2D eigenvalue weighted by Gasteiger charge is 2.14. The van der Waals surface area contributed by atoms with Gasteiger partial charge in [0.15, 0.2) is 18.7 Å². The maximum atomic E-state index is 13.1. The van der Waals surface area contributed by atoms with Crippen molar-refractivity contribution < 1.29 is 13.9 Å². The second-order valence-corrected chi connectivity index (χ2v) is 7.55. The van der Waals surface area contributed by atoms with Crippen molar-refractivity contribution in [2.45, 2.75) is 45.3 Å². The third-order valence-electron chi connectivity index (χ3n) is 5.41. The molecular weight excluding hydrogens is 401 g/mol. The summed E-state index contributed by atoms with van der Waals surface area (Å²) in [7, 11) is 0. The fraction of sp³-hybridized carbons (Fsp3) is 0.429. The van der Waals surface area contributed by atoms with Crippen LogP contribution in [0.3, 0.4) is 0 Å². The second kappa shape index (κ2) is 8.94. The number of halogens is 1. The van der Waals surface area contributed by atoms with Crippen LogP contribution in [0.5, 0.6) is 0 Å². The van der Waals surface area contributed by atoms with Crippen LogP contribution < -0.4 is 0 Å². The van der Waals surface area contributed by atoms with Gasteiger partial charge in [-0.1, -0.05) is 0 Å². The van der Waals surface area contributed by atoms with E-state index in [0.29, 0.717) is 19.6 Å². The Bertz CT molecular complexity index is 1150. The van der Waals surface area contributed by atoms with Crippen molar-refractivity contribution in [2.75, 3.05) is 13.2 Å². The van der Waals surface area contributed by atoms with Crippen molar-refractivity contribution in [2.24, 2.45) is 0 Å². The minimum atomic E-state index is -0.611. The van der Waals surface area contributed by atoms with E-state index in [9.17, 15) is 4.39 Å². The molecule has 1 saturated heterocycles. The lowest BCUT2D eigenvalue weighted by molar-refractivity contribution is -0.163. The topological polar surface area (TPSA) is 84.3 Å². The minimum absolute atomic E-state index is 0.0961. The van der Waals surface area contributed by atoms with Crippen LogP contribution >= 0.6 is 0 Å². The molecule has 1 unspecified atom stereocenters. The van der Waals surface area contributed by atoms with Gasteiger partial charge in [-0.2, -0.15) is 10.2 Å². The molecule has 4 aromatic heterocycles. The fourth-order valence-corrected chi connectivity index (χ4v) is 3.72. The molecule has 0 aromatic carbocycles. The van der Waals surface area contributed by atoms with Crippen LogP contribution in [0.1, 0.15) is 30.7 Å². The van der Waals surface area contributed by atoms with Crippen molar-refractivity contribution in [3.05, 3.63) is 54.6 Å². The number of hydrogen-bond acceptors (Lipinski definition) is 6. The Morgan fingerprint density at radius 1 is 1.16 bits per heavy atom. The summed E-state index contributed by atoms with van der Waals surface area (Å²) in [6, 6.07) is 3.84. The van der Waals surface area contributed by atoms with Gasteiger partial charge in [-0.05, 0) is 31.4 Å². The normalized spacial score (nSPS) is 16.9. The SMILES string of the molecule is FCn1cncc1Cc1cnc2ccc(-c3cnn(CCOC4CCCCO4)c3)nn12. The Balaban J connectivity index is 1.29. The number of fused-ring (bicyclic) bond motifs is 1. The predicted molar refractivity (Wildman–Crippen MR) is 110 cm³/mol. The van der Waals surface area contributed by atoms with Crippen LogP contribution in [0.2, 0.25) is 0 Å². The zero-order chi connectivity index (χ0) is 21.0. The second-order valence-electron chi connectivity index (χ2n) is 7.55. The quantitative estimate of drug-likeness (QED) is 0.432. The molecule has 5 rings (SSSR count). The van der Waals surface area contributed by atoms with E-state index in [1.165, 1.54) is 10.9 Å². The van der Waals surface area contributed by atoms with E-state index in [4.69, 9.17) is 14.6 Å². The lowest BCUT2D eigenvalue weighted by Crippen LogP contribution is -2.24. The van der Waals surface area contributed by atoms with Crippen LogP contribution in [-0.2, 0) is 29.2 Å². The number of alkyl halides is 1. The summed E-state index contributed by atoms with van der Waals surface area (Å²) in [4.78, 5) is 8.43. The van der Waals surface area contributed by atoms with Crippen molar-refractivity contribution in [3.8, 4) is 11.3 Å². The van der Waals surface area contributed by atoms with Gasteiger partial charge in [-0.15, -0.1) is 0 Å². The first-order valence-corrected chi connectivity index (χ1v) is 10.4. The minimum Gasteiger partial charge on any atom is -0.353 e. The van der Waals surface area contributed by atoms with Crippen LogP contribution in [0.25, 0.3) is 16.9 Å². The number of ether oxygens (including phenoxy) is 2. The predicted octanol–water partition coefficient (Wildman–Crippen LogP) is 2.85. The average molecular weight is 425 g/mol. The molecule has 0 amide bonds. The number of aromatic nitrogens is 7. The molecule has 1 aliphatic heterocycles. The van der Waals surface area contributed by atoms with Crippen LogP contribution in [0.15, 0.2) is 43.2 Å². The molecule has 10 heteroatoms. The molecule has 0 aliphatic carbocycles. The number of rotatable bonds is 8. The maximum Gasteiger partial charge on any atom is 0.166 e. The van der Waals surface area contributed by atoms with Crippen molar-refractivity contribution >= 4 is 5.65 Å². The molecule has 5 heterocycles. The Morgan fingerprint density at radius 3 is 3.00 bits per heavy atom. The standard InChI is InChI=1S/C21H24FN7O2/c22-14-27-15-23-11-17(27)9-18-12-24-20-5-4-19(26-29(18)20)16-10-25-28(13-16)6-8-31-21-3-1-2-7-30-21/h4-5,10-13,15,21H,1-3,6-9,14H2. The third-order valence-corrected chi connectivity index (χ3v) is 5.41. The van der Waals surface area contributed by atoms with Crippen molar-refractivity contribution in [1.29, 1.82) is 0 Å². The number of hydrogen-bond donors (Lipinski definition) is 0. The van der Waals surface area contributed by atoms with E-state index in [1.807, 2.05) is 23.0 Å². The summed E-state index contributed by atoms with van der Waals surface area (Å²) in [6.45, 7) is 1.36. The molecule has 4 aromatic rings. The Hall–Kier alpha value is -3.11. The molecule has 1 atom stereocenters. The van der Waals surface area contributed by atoms with E-state index >= 15 is 0 Å². The molecular formula is C21H24FN7O2. The number of imidazole rings is 2. The summed E-state index contributed by atoms with van der Waals surface area (Å²) in [5.74, 6) is 0. The van der Waals surface area contributed by atoms with Gasteiger partial charge < -0.3 is 14.0 Å². The van der Waals surface area contributed by atoms with Gasteiger partial charge >= 0.3 is 0 Å². The highest BCUT2D eigenvalue weighted by molar-refractivity contribution is 5.58. The fourth-order valence-electron chi connectivity index (χ4n) is 3.72. The summed E-state index contributed by atoms with van der Waals surface area (Å²) in [5, 5.41) is 9.16. The summed E-state index contributed by atoms with van der Waals surface area (Å²) < 4.78 is 29.6. The summed E-state index contributed by atoms with van der Waals surface area (Å²) in [6.07, 6.45) is 12.2. The van der Waals surface area contributed by atoms with E-state index in [-0.39, 0.29) is 6.29 Å². The summed E-state index contributed by atoms with van der Waals surface area (Å²) >= 11 is 0. The monoisotopic (exact) mass is 425 g/mol. The van der Waals surface area contributed by atoms with Crippen molar-refractivity contribution in [1.82, 2.24) is 33.9 Å². The molecule has 9 nitrogen and oxygen atoms in total. The third kappa shape index (κ3) is 4.35. The highest BCUT2D eigenvalue weighted by atomic mass is 19.1. The van der Waals surface area contributed by atoms with Crippen LogP contribution in [0, 0.1) is 0 Å². The first-order valence-electron chi connectivity index (χ1n) is 10.4. The molecule has 1 fully saturated rings. The van der Waals surface area contributed by atoms with Gasteiger partial charge in [-0.25, -0.2) is 18.9 Å². The van der Waals surface area contributed by atoms with Gasteiger partial charge in [0.25, 0.3) is 0 Å². The van der Waals surface area contributed by atoms with Gasteiger partial charge in [0, 0.05) is 36.7 Å². The smallest absolute Gasteiger partial charge is 0.166 e. The maximum absolute atomic E-state index is 13.1. The number of nitrogens with zero attached hydrogens (tertiary/aromatic N) is 7. The first kappa shape index (κ1) is 19.8. The average Bonchev–Trinajstić information content (AvgIpc) is 3.55. The van der Waals surface area contributed by atoms with Crippen molar-refractivity contribution in [3.63, 3.8) is 0 Å². The molecule has 1 aliphatic rings. The van der Waals surface area contributed by atoms with E-state index in [1.54, 1.807) is 23.1 Å². The van der Waals surface area contributed by atoms with Crippen LogP contribution in [-0.4, -0.2) is 53.4 Å². The first-order chi connectivity index (χ1) is 15.3. The van der Waals surface area contributed by atoms with E-state index in [2.05, 4.69) is 15.1 Å². The molecule has 31 heavy (non-hydrogen) atoms. The Kier molecular flexibility index (Phi) is 5.72. The van der Waals surface area contributed by atoms with E-state index in [0.717, 1.165) is 54.2 Å². The summed E-state index contributed by atoms with van der Waals surface area (Å²) in [5.41, 5.74) is 4.06. The van der Waals surface area contributed by atoms with Gasteiger partial charge in [-0.3, -0.25) is 4.68 Å². The molecule has 0 saturated carbocycles. The molecule has 0 bridgehead atoms. The van der Waals surface area contributed by atoms with Gasteiger partial charge in [0.2, 0.25) is 0 Å². The molecule has 0 radical (unpaired) electrons. The lowest BCUT2D eigenvalue weighted by atomic mass is 10.2. The Labute approximate surface area is 178 Å². The van der Waals surface area contributed by atoms with Gasteiger partial charge in [0.05, 0.1) is 43.3 Å². The largest absolute Gasteiger partial charge is 0.353 e. The zero-order valence-electron chi connectivity index (χ0n) is 17.1. The lowest BCUT2D eigenvalue weighted by Gasteiger charge is -2.22. The zero-order valence-corrected chi connectivity index (χ0v) is 17.1. The molecule has 162 valence electrons. The molecule has 0 spiro atoms. The Morgan fingerprint density at radius 2 is 2.13 bits per heavy atom. The van der Waals surface area contributed by atoms with Crippen LogP contribution in [0.4, 0.5) is 4.39 Å². The molecule has 0 N–H and O–H groups in total.